The Labute approximate surface area is 105 Å². The van der Waals surface area contributed by atoms with Gasteiger partial charge in [-0.3, -0.25) is 4.79 Å². The number of urea groups is 1. The molecule has 8 nitrogen and oxygen atoms in total. The summed E-state index contributed by atoms with van der Waals surface area (Å²) < 4.78 is 4.65. The van der Waals surface area contributed by atoms with E-state index in [1.54, 1.807) is 6.92 Å². The summed E-state index contributed by atoms with van der Waals surface area (Å²) in [6.45, 7) is 2.33. The van der Waals surface area contributed by atoms with E-state index in [0.29, 0.717) is 6.54 Å². The molecule has 0 spiro atoms. The fourth-order valence-corrected chi connectivity index (χ4v) is 1.13. The summed E-state index contributed by atoms with van der Waals surface area (Å²) in [6, 6.07) is -1.76. The molecular formula is C10H19N3O5. The number of hydrogen-bond acceptors (Lipinski definition) is 4. The number of nitrogens with one attached hydrogen (secondary N) is 3. The van der Waals surface area contributed by atoms with Crippen LogP contribution < -0.4 is 16.0 Å². The van der Waals surface area contributed by atoms with Gasteiger partial charge in [-0.2, -0.15) is 0 Å². The van der Waals surface area contributed by atoms with Gasteiger partial charge >= 0.3 is 12.0 Å². The highest BCUT2D eigenvalue weighted by molar-refractivity contribution is 5.83. The summed E-state index contributed by atoms with van der Waals surface area (Å²) in [7, 11) is 1.34. The van der Waals surface area contributed by atoms with E-state index in [1.165, 1.54) is 7.11 Å². The molecular weight excluding hydrogens is 242 g/mol. The Bertz CT molecular complexity index is 295. The number of rotatable bonds is 8. The zero-order valence-corrected chi connectivity index (χ0v) is 10.5. The lowest BCUT2D eigenvalue weighted by molar-refractivity contribution is -0.140. The molecule has 0 aliphatic rings. The maximum Gasteiger partial charge on any atom is 0.328 e. The van der Waals surface area contributed by atoms with E-state index in [-0.39, 0.29) is 25.5 Å². The summed E-state index contributed by atoms with van der Waals surface area (Å²) >= 11 is 0. The highest BCUT2D eigenvalue weighted by atomic mass is 16.5. The summed E-state index contributed by atoms with van der Waals surface area (Å²) in [4.78, 5) is 33.1. The SMILES string of the molecule is CCNC(=O)CCNC(=O)NC(COC)C(=O)O. The van der Waals surface area contributed by atoms with Crippen LogP contribution >= 0.6 is 0 Å². The summed E-state index contributed by atoms with van der Waals surface area (Å²) in [6.07, 6.45) is 0.142. The second-order valence-electron chi connectivity index (χ2n) is 3.45. The molecule has 0 aromatic carbocycles. The third-order valence-electron chi connectivity index (χ3n) is 1.95. The molecule has 0 saturated heterocycles. The predicted octanol–water partition coefficient (Wildman–Crippen LogP) is -1.09. The van der Waals surface area contributed by atoms with Crippen molar-refractivity contribution < 1.29 is 24.2 Å². The zero-order chi connectivity index (χ0) is 14.0. The smallest absolute Gasteiger partial charge is 0.328 e. The van der Waals surface area contributed by atoms with E-state index in [1.807, 2.05) is 0 Å². The first-order valence-corrected chi connectivity index (χ1v) is 5.54. The molecule has 0 aliphatic heterocycles. The summed E-state index contributed by atoms with van der Waals surface area (Å²) in [5, 5.41) is 15.9. The number of ether oxygens (including phenoxy) is 1. The molecule has 0 heterocycles. The van der Waals surface area contributed by atoms with Crippen molar-refractivity contribution in [2.75, 3.05) is 26.8 Å². The molecule has 0 fully saturated rings. The molecule has 0 aliphatic carbocycles. The van der Waals surface area contributed by atoms with Gasteiger partial charge in [0.1, 0.15) is 0 Å². The molecule has 0 bridgehead atoms. The van der Waals surface area contributed by atoms with Crippen molar-refractivity contribution in [3.63, 3.8) is 0 Å². The van der Waals surface area contributed by atoms with Gasteiger partial charge < -0.3 is 25.8 Å². The first-order valence-electron chi connectivity index (χ1n) is 5.54. The monoisotopic (exact) mass is 261 g/mol. The van der Waals surface area contributed by atoms with Crippen LogP contribution in [-0.2, 0) is 14.3 Å². The summed E-state index contributed by atoms with van der Waals surface area (Å²) in [5.74, 6) is -1.36. The molecule has 0 aromatic heterocycles. The first-order chi connectivity index (χ1) is 8.51. The molecule has 0 aromatic rings. The van der Waals surface area contributed by atoms with Crippen molar-refractivity contribution >= 4 is 17.9 Å². The highest BCUT2D eigenvalue weighted by Gasteiger charge is 2.19. The average molecular weight is 261 g/mol. The quantitative estimate of drug-likeness (QED) is 0.443. The molecule has 0 saturated carbocycles. The largest absolute Gasteiger partial charge is 0.480 e. The van der Waals surface area contributed by atoms with Crippen molar-refractivity contribution in [1.29, 1.82) is 0 Å². The topological polar surface area (TPSA) is 117 Å². The molecule has 0 rings (SSSR count). The number of methoxy groups -OCH3 is 1. The number of carbonyl (C=O) groups is 3. The molecule has 1 unspecified atom stereocenters. The summed E-state index contributed by atoms with van der Waals surface area (Å²) in [5.41, 5.74) is 0. The Morgan fingerprint density at radius 3 is 2.44 bits per heavy atom. The van der Waals surface area contributed by atoms with E-state index in [0.717, 1.165) is 0 Å². The van der Waals surface area contributed by atoms with Gasteiger partial charge in [0.05, 0.1) is 6.61 Å². The van der Waals surface area contributed by atoms with Crippen LogP contribution in [0, 0.1) is 0 Å². The van der Waals surface area contributed by atoms with Crippen LogP contribution in [-0.4, -0.2) is 55.9 Å². The number of aliphatic carboxylic acids is 1. The third-order valence-corrected chi connectivity index (χ3v) is 1.95. The number of carboxylic acids is 1. The second kappa shape index (κ2) is 9.23. The van der Waals surface area contributed by atoms with E-state index < -0.39 is 18.0 Å². The van der Waals surface area contributed by atoms with Crippen LogP contribution in [0.5, 0.6) is 0 Å². The standard InChI is InChI=1S/C10H19N3O5/c1-3-11-8(14)4-5-12-10(17)13-7(6-18-2)9(15)16/h7H,3-6H2,1-2H3,(H,11,14)(H,15,16)(H2,12,13,17). The van der Waals surface area contributed by atoms with Crippen molar-refractivity contribution in [3.8, 4) is 0 Å². The van der Waals surface area contributed by atoms with Gasteiger partial charge in [-0.15, -0.1) is 0 Å². The van der Waals surface area contributed by atoms with Crippen LogP contribution in [0.3, 0.4) is 0 Å². The first kappa shape index (κ1) is 16.2. The number of carbonyl (C=O) groups excluding carboxylic acids is 2. The normalized spacial score (nSPS) is 11.4. The van der Waals surface area contributed by atoms with Crippen molar-refractivity contribution in [2.45, 2.75) is 19.4 Å². The van der Waals surface area contributed by atoms with E-state index >= 15 is 0 Å². The lowest BCUT2D eigenvalue weighted by Gasteiger charge is -2.14. The number of hydrogen-bond donors (Lipinski definition) is 4. The van der Waals surface area contributed by atoms with Gasteiger partial charge in [0.15, 0.2) is 6.04 Å². The van der Waals surface area contributed by atoms with Gasteiger partial charge in [-0.25, -0.2) is 9.59 Å². The number of carboxylic acid groups (broad SMARTS) is 1. The average Bonchev–Trinajstić information content (AvgIpc) is 2.28. The van der Waals surface area contributed by atoms with E-state index in [9.17, 15) is 14.4 Å². The molecule has 1 atom stereocenters. The van der Waals surface area contributed by atoms with Crippen LogP contribution in [0.15, 0.2) is 0 Å². The van der Waals surface area contributed by atoms with Gasteiger partial charge in [-0.05, 0) is 6.92 Å². The minimum absolute atomic E-state index is 0.126. The van der Waals surface area contributed by atoms with Crippen LogP contribution in [0.1, 0.15) is 13.3 Å². The van der Waals surface area contributed by atoms with Crippen LogP contribution in [0.4, 0.5) is 4.79 Å². The molecule has 4 N–H and O–H groups in total. The molecule has 8 heteroatoms. The lowest BCUT2D eigenvalue weighted by atomic mass is 10.3. The minimum Gasteiger partial charge on any atom is -0.480 e. The predicted molar refractivity (Wildman–Crippen MR) is 63.1 cm³/mol. The van der Waals surface area contributed by atoms with Crippen LogP contribution in [0.2, 0.25) is 0 Å². The fraction of sp³-hybridized carbons (Fsp3) is 0.700. The van der Waals surface area contributed by atoms with Gasteiger partial charge in [0.2, 0.25) is 5.91 Å². The molecule has 0 radical (unpaired) electrons. The van der Waals surface area contributed by atoms with Crippen molar-refractivity contribution in [2.24, 2.45) is 0 Å². The van der Waals surface area contributed by atoms with Gasteiger partial charge in [0.25, 0.3) is 0 Å². The fourth-order valence-electron chi connectivity index (χ4n) is 1.13. The van der Waals surface area contributed by atoms with Crippen molar-refractivity contribution in [3.05, 3.63) is 0 Å². The lowest BCUT2D eigenvalue weighted by Crippen LogP contribution is -2.48. The van der Waals surface area contributed by atoms with Crippen molar-refractivity contribution in [1.82, 2.24) is 16.0 Å². The molecule has 104 valence electrons. The third kappa shape index (κ3) is 7.44. The Hall–Kier alpha value is -1.83. The maximum atomic E-state index is 11.3. The van der Waals surface area contributed by atoms with E-state index in [4.69, 9.17) is 5.11 Å². The minimum atomic E-state index is -1.18. The Morgan fingerprint density at radius 1 is 1.28 bits per heavy atom. The molecule has 3 amide bonds. The second-order valence-corrected chi connectivity index (χ2v) is 3.45. The zero-order valence-electron chi connectivity index (χ0n) is 10.5. The van der Waals surface area contributed by atoms with E-state index in [2.05, 4.69) is 20.7 Å². The van der Waals surface area contributed by atoms with Gasteiger partial charge in [-0.1, -0.05) is 0 Å². The maximum absolute atomic E-state index is 11.3. The Kier molecular flexibility index (Phi) is 8.29. The highest BCUT2D eigenvalue weighted by Crippen LogP contribution is 1.86. The number of amides is 3. The Morgan fingerprint density at radius 2 is 1.94 bits per heavy atom. The van der Waals surface area contributed by atoms with Crippen LogP contribution in [0.25, 0.3) is 0 Å². The molecule has 18 heavy (non-hydrogen) atoms. The van der Waals surface area contributed by atoms with Gasteiger partial charge in [0, 0.05) is 26.6 Å². The Balaban J connectivity index is 3.88.